The first-order valence-electron chi connectivity index (χ1n) is 3.48. The van der Waals surface area contributed by atoms with Crippen LogP contribution in [0.15, 0.2) is 11.1 Å². The second-order valence-electron chi connectivity index (χ2n) is 2.39. The maximum atomic E-state index is 8.55. The highest BCUT2D eigenvalue weighted by Crippen LogP contribution is 2.09. The van der Waals surface area contributed by atoms with E-state index < -0.39 is 0 Å². The fraction of sp³-hybridized carbons (Fsp3) is 0.750. The van der Waals surface area contributed by atoms with Crippen molar-refractivity contribution < 1.29 is 5.11 Å². The molecule has 1 nitrogen and oxygen atoms in total. The summed E-state index contributed by atoms with van der Waals surface area (Å²) in [4.78, 5) is 0. The third-order valence-corrected chi connectivity index (χ3v) is 1.75. The highest BCUT2D eigenvalue weighted by Gasteiger charge is 1.91. The topological polar surface area (TPSA) is 20.2 Å². The van der Waals surface area contributed by atoms with Gasteiger partial charge in [0.2, 0.25) is 0 Å². The van der Waals surface area contributed by atoms with Crippen molar-refractivity contribution in [3.05, 3.63) is 11.1 Å². The Morgan fingerprint density at radius 3 is 2.11 bits per heavy atom. The first-order valence-corrected chi connectivity index (χ1v) is 3.48. The van der Waals surface area contributed by atoms with E-state index in [1.165, 1.54) is 11.1 Å². The summed E-state index contributed by atoms with van der Waals surface area (Å²) >= 11 is 0. The predicted octanol–water partition coefficient (Wildman–Crippen LogP) is 2.12. The molecule has 0 bridgehead atoms. The fourth-order valence-electron chi connectivity index (χ4n) is 0.683. The van der Waals surface area contributed by atoms with Crippen LogP contribution in [-0.4, -0.2) is 11.7 Å². The Morgan fingerprint density at radius 1 is 1.22 bits per heavy atom. The van der Waals surface area contributed by atoms with Crippen LogP contribution in [0, 0.1) is 0 Å². The van der Waals surface area contributed by atoms with E-state index in [0.717, 1.165) is 12.8 Å². The highest BCUT2D eigenvalue weighted by molar-refractivity contribution is 5.08. The van der Waals surface area contributed by atoms with Gasteiger partial charge < -0.3 is 5.11 Å². The standard InChI is InChI=1S/C8H16O/c1-4-7(2)8(3)5-6-9/h9H,4-6H2,1-3H3/b8-7-. The van der Waals surface area contributed by atoms with Crippen LogP contribution in [0.25, 0.3) is 0 Å². The molecule has 0 unspecified atom stereocenters. The summed E-state index contributed by atoms with van der Waals surface area (Å²) in [6.45, 7) is 6.61. The van der Waals surface area contributed by atoms with E-state index in [2.05, 4.69) is 20.8 Å². The van der Waals surface area contributed by atoms with E-state index in [4.69, 9.17) is 5.11 Å². The molecule has 0 aromatic rings. The van der Waals surface area contributed by atoms with Gasteiger partial charge in [-0.1, -0.05) is 18.1 Å². The van der Waals surface area contributed by atoms with E-state index in [0.29, 0.717) is 0 Å². The predicted molar refractivity (Wildman–Crippen MR) is 40.4 cm³/mol. The van der Waals surface area contributed by atoms with Crippen molar-refractivity contribution in [2.45, 2.75) is 33.6 Å². The zero-order valence-corrected chi connectivity index (χ0v) is 6.57. The molecule has 0 aromatic carbocycles. The molecule has 0 aliphatic heterocycles. The third kappa shape index (κ3) is 3.31. The average molecular weight is 128 g/mol. The molecule has 0 fully saturated rings. The van der Waals surface area contributed by atoms with Crippen molar-refractivity contribution >= 4 is 0 Å². The lowest BCUT2D eigenvalue weighted by atomic mass is 10.1. The Labute approximate surface area is 57.4 Å². The molecule has 0 aliphatic carbocycles. The van der Waals surface area contributed by atoms with Gasteiger partial charge in [0.15, 0.2) is 0 Å². The molecule has 0 spiro atoms. The van der Waals surface area contributed by atoms with E-state index >= 15 is 0 Å². The zero-order chi connectivity index (χ0) is 7.28. The van der Waals surface area contributed by atoms with Gasteiger partial charge in [0.25, 0.3) is 0 Å². The van der Waals surface area contributed by atoms with Gasteiger partial charge in [0.1, 0.15) is 0 Å². The summed E-state index contributed by atoms with van der Waals surface area (Å²) in [6.07, 6.45) is 1.94. The number of hydrogen-bond donors (Lipinski definition) is 1. The lowest BCUT2D eigenvalue weighted by Crippen LogP contribution is -1.87. The van der Waals surface area contributed by atoms with Gasteiger partial charge in [-0.25, -0.2) is 0 Å². The normalized spacial score (nSPS) is 13.3. The number of rotatable bonds is 3. The van der Waals surface area contributed by atoms with E-state index in [-0.39, 0.29) is 6.61 Å². The van der Waals surface area contributed by atoms with Crippen LogP contribution in [0.5, 0.6) is 0 Å². The minimum Gasteiger partial charge on any atom is -0.396 e. The van der Waals surface area contributed by atoms with Gasteiger partial charge in [-0.05, 0) is 26.7 Å². The first-order chi connectivity index (χ1) is 4.22. The molecular formula is C8H16O. The molecule has 0 saturated heterocycles. The molecule has 9 heavy (non-hydrogen) atoms. The van der Waals surface area contributed by atoms with Crippen LogP contribution in [-0.2, 0) is 0 Å². The molecule has 0 amide bonds. The highest BCUT2D eigenvalue weighted by atomic mass is 16.2. The number of hydrogen-bond acceptors (Lipinski definition) is 1. The fourth-order valence-corrected chi connectivity index (χ4v) is 0.683. The Morgan fingerprint density at radius 2 is 1.78 bits per heavy atom. The van der Waals surface area contributed by atoms with Gasteiger partial charge in [-0.15, -0.1) is 0 Å². The molecule has 0 aromatic heterocycles. The quantitative estimate of drug-likeness (QED) is 0.577. The molecule has 1 heteroatoms. The van der Waals surface area contributed by atoms with Crippen molar-refractivity contribution in [1.82, 2.24) is 0 Å². The van der Waals surface area contributed by atoms with Crippen molar-refractivity contribution in [2.75, 3.05) is 6.61 Å². The lowest BCUT2D eigenvalue weighted by Gasteiger charge is -2.01. The molecule has 54 valence electrons. The monoisotopic (exact) mass is 128 g/mol. The van der Waals surface area contributed by atoms with Crippen molar-refractivity contribution in [2.24, 2.45) is 0 Å². The molecular weight excluding hydrogens is 112 g/mol. The zero-order valence-electron chi connectivity index (χ0n) is 6.57. The Bertz CT molecular complexity index is 103. The summed E-state index contributed by atoms with van der Waals surface area (Å²) in [5, 5.41) is 8.55. The van der Waals surface area contributed by atoms with E-state index in [1.54, 1.807) is 0 Å². The van der Waals surface area contributed by atoms with Crippen LogP contribution in [0.4, 0.5) is 0 Å². The minimum absolute atomic E-state index is 0.281. The van der Waals surface area contributed by atoms with Gasteiger partial charge in [0, 0.05) is 6.61 Å². The van der Waals surface area contributed by atoms with Crippen LogP contribution in [0.3, 0.4) is 0 Å². The summed E-state index contributed by atoms with van der Waals surface area (Å²) in [5.41, 5.74) is 2.74. The molecule has 0 saturated carbocycles. The van der Waals surface area contributed by atoms with Gasteiger partial charge in [-0.3, -0.25) is 0 Å². The Kier molecular flexibility index (Phi) is 4.41. The molecule has 0 rings (SSSR count). The smallest absolute Gasteiger partial charge is 0.0468 e. The van der Waals surface area contributed by atoms with Crippen LogP contribution in [0.2, 0.25) is 0 Å². The maximum Gasteiger partial charge on any atom is 0.0468 e. The lowest BCUT2D eigenvalue weighted by molar-refractivity contribution is 0.299. The maximum absolute atomic E-state index is 8.55. The van der Waals surface area contributed by atoms with Gasteiger partial charge in [-0.2, -0.15) is 0 Å². The second-order valence-corrected chi connectivity index (χ2v) is 2.39. The second kappa shape index (κ2) is 4.57. The molecule has 1 N–H and O–H groups in total. The van der Waals surface area contributed by atoms with Crippen molar-refractivity contribution in [3.8, 4) is 0 Å². The van der Waals surface area contributed by atoms with Gasteiger partial charge in [0.05, 0.1) is 0 Å². The summed E-state index contributed by atoms with van der Waals surface area (Å²) in [6, 6.07) is 0. The van der Waals surface area contributed by atoms with E-state index in [9.17, 15) is 0 Å². The van der Waals surface area contributed by atoms with E-state index in [1.807, 2.05) is 0 Å². The summed E-state index contributed by atoms with van der Waals surface area (Å²) < 4.78 is 0. The largest absolute Gasteiger partial charge is 0.396 e. The Balaban J connectivity index is 3.78. The summed E-state index contributed by atoms with van der Waals surface area (Å²) in [5.74, 6) is 0. The Hall–Kier alpha value is -0.300. The number of aliphatic hydroxyl groups is 1. The van der Waals surface area contributed by atoms with Crippen molar-refractivity contribution in [1.29, 1.82) is 0 Å². The first kappa shape index (κ1) is 8.70. The molecule has 0 heterocycles. The molecule has 0 aliphatic rings. The third-order valence-electron chi connectivity index (χ3n) is 1.75. The SMILES string of the molecule is CC/C(C)=C(/C)CCO. The molecule has 0 atom stereocenters. The van der Waals surface area contributed by atoms with Crippen LogP contribution < -0.4 is 0 Å². The minimum atomic E-state index is 0.281. The number of allylic oxidation sites excluding steroid dienone is 1. The average Bonchev–Trinajstić information content (AvgIpc) is 1.87. The van der Waals surface area contributed by atoms with Crippen molar-refractivity contribution in [3.63, 3.8) is 0 Å². The summed E-state index contributed by atoms with van der Waals surface area (Å²) in [7, 11) is 0. The number of aliphatic hydroxyl groups excluding tert-OH is 1. The van der Waals surface area contributed by atoms with Gasteiger partial charge >= 0.3 is 0 Å². The molecule has 0 radical (unpaired) electrons. The van der Waals surface area contributed by atoms with Crippen LogP contribution >= 0.6 is 0 Å². The van der Waals surface area contributed by atoms with Crippen LogP contribution in [0.1, 0.15) is 33.6 Å².